The molecule has 0 amide bonds. The Morgan fingerprint density at radius 2 is 2.29 bits per heavy atom. The van der Waals surface area contributed by atoms with E-state index in [1.165, 1.54) is 0 Å². The van der Waals surface area contributed by atoms with E-state index >= 15 is 0 Å². The van der Waals surface area contributed by atoms with Gasteiger partial charge in [-0.25, -0.2) is 0 Å². The average molecular weight is 194 g/mol. The molecule has 78 valence electrons. The quantitative estimate of drug-likeness (QED) is 0.756. The fraction of sp³-hybridized carbons (Fsp3) is 0.800. The van der Waals surface area contributed by atoms with Crippen molar-refractivity contribution in [2.24, 2.45) is 11.7 Å². The van der Waals surface area contributed by atoms with Gasteiger partial charge in [0.2, 0.25) is 0 Å². The summed E-state index contributed by atoms with van der Waals surface area (Å²) in [6.45, 7) is 5.40. The Morgan fingerprint density at radius 3 is 3.00 bits per heavy atom. The van der Waals surface area contributed by atoms with E-state index in [0.29, 0.717) is 5.92 Å². The van der Waals surface area contributed by atoms with Crippen LogP contribution in [0.25, 0.3) is 0 Å². The predicted octanol–water partition coefficient (Wildman–Crippen LogP) is 0.750. The lowest BCUT2D eigenvalue weighted by molar-refractivity contribution is 0.446. The van der Waals surface area contributed by atoms with Gasteiger partial charge >= 0.3 is 0 Å². The first-order chi connectivity index (χ1) is 6.66. The molecule has 1 aromatic heterocycles. The van der Waals surface area contributed by atoms with Crippen molar-refractivity contribution in [1.29, 1.82) is 0 Å². The van der Waals surface area contributed by atoms with Crippen molar-refractivity contribution in [3.8, 4) is 0 Å². The molecule has 1 aliphatic rings. The number of hydrogen-bond donors (Lipinski definition) is 1. The molecular weight excluding hydrogens is 176 g/mol. The van der Waals surface area contributed by atoms with Gasteiger partial charge in [0, 0.05) is 25.4 Å². The van der Waals surface area contributed by atoms with Crippen molar-refractivity contribution in [2.45, 2.75) is 45.7 Å². The van der Waals surface area contributed by atoms with Crippen molar-refractivity contribution >= 4 is 0 Å². The Morgan fingerprint density at radius 1 is 1.50 bits per heavy atom. The summed E-state index contributed by atoms with van der Waals surface area (Å²) in [4.78, 5) is 0. The highest BCUT2D eigenvalue weighted by Crippen LogP contribution is 2.15. The van der Waals surface area contributed by atoms with Crippen molar-refractivity contribution in [1.82, 2.24) is 14.8 Å². The molecule has 1 aromatic rings. The molecule has 2 N–H and O–H groups in total. The van der Waals surface area contributed by atoms with Crippen LogP contribution < -0.4 is 5.73 Å². The summed E-state index contributed by atoms with van der Waals surface area (Å²) in [5, 5.41) is 8.42. The minimum atomic E-state index is 0.276. The molecule has 0 aliphatic carbocycles. The van der Waals surface area contributed by atoms with E-state index in [-0.39, 0.29) is 6.04 Å². The van der Waals surface area contributed by atoms with Crippen LogP contribution in [0.1, 0.15) is 31.9 Å². The van der Waals surface area contributed by atoms with Gasteiger partial charge in [-0.15, -0.1) is 10.2 Å². The first kappa shape index (κ1) is 9.65. The Kier molecular flexibility index (Phi) is 2.54. The molecule has 0 saturated heterocycles. The van der Waals surface area contributed by atoms with Gasteiger partial charge in [0.05, 0.1) is 0 Å². The van der Waals surface area contributed by atoms with Gasteiger partial charge in [-0.1, -0.05) is 13.8 Å². The highest BCUT2D eigenvalue weighted by molar-refractivity contribution is 5.02. The van der Waals surface area contributed by atoms with Crippen molar-refractivity contribution < 1.29 is 0 Å². The topological polar surface area (TPSA) is 56.7 Å². The lowest BCUT2D eigenvalue weighted by Crippen LogP contribution is -2.31. The summed E-state index contributed by atoms with van der Waals surface area (Å²) in [7, 11) is 0. The highest BCUT2D eigenvalue weighted by atomic mass is 15.3. The van der Waals surface area contributed by atoms with Crippen LogP contribution in [0.5, 0.6) is 0 Å². The van der Waals surface area contributed by atoms with Gasteiger partial charge in [0.1, 0.15) is 11.6 Å². The SMILES string of the molecule is CC(C)Cc1nnc2n1CCC(N)C2. The molecule has 0 fully saturated rings. The van der Waals surface area contributed by atoms with Crippen molar-refractivity contribution in [2.75, 3.05) is 0 Å². The van der Waals surface area contributed by atoms with Crippen LogP contribution in [0.4, 0.5) is 0 Å². The van der Waals surface area contributed by atoms with Crippen LogP contribution in [0.3, 0.4) is 0 Å². The van der Waals surface area contributed by atoms with Crippen molar-refractivity contribution in [3.63, 3.8) is 0 Å². The summed E-state index contributed by atoms with van der Waals surface area (Å²) in [5.74, 6) is 2.83. The van der Waals surface area contributed by atoms with Crippen LogP contribution in [-0.2, 0) is 19.4 Å². The average Bonchev–Trinajstić information content (AvgIpc) is 2.47. The van der Waals surface area contributed by atoms with Crippen LogP contribution in [0, 0.1) is 5.92 Å². The third kappa shape index (κ3) is 1.80. The smallest absolute Gasteiger partial charge is 0.134 e. The standard InChI is InChI=1S/C10H18N4/c1-7(2)5-9-12-13-10-6-8(11)3-4-14(9)10/h7-8H,3-6,11H2,1-2H3. The summed E-state index contributed by atoms with van der Waals surface area (Å²) >= 11 is 0. The molecule has 0 aromatic carbocycles. The third-order valence-electron chi connectivity index (χ3n) is 2.66. The maximum absolute atomic E-state index is 5.88. The fourth-order valence-corrected chi connectivity index (χ4v) is 1.93. The largest absolute Gasteiger partial charge is 0.327 e. The van der Waals surface area contributed by atoms with Gasteiger partial charge in [0.15, 0.2) is 0 Å². The van der Waals surface area contributed by atoms with Gasteiger partial charge in [-0.3, -0.25) is 0 Å². The van der Waals surface area contributed by atoms with Gasteiger partial charge in [0.25, 0.3) is 0 Å². The monoisotopic (exact) mass is 194 g/mol. The number of aromatic nitrogens is 3. The molecular formula is C10H18N4. The van der Waals surface area contributed by atoms with Crippen LogP contribution in [0.2, 0.25) is 0 Å². The molecule has 14 heavy (non-hydrogen) atoms. The summed E-state index contributed by atoms with van der Waals surface area (Å²) in [6.07, 6.45) is 2.95. The molecule has 0 saturated carbocycles. The van der Waals surface area contributed by atoms with Gasteiger partial charge in [-0.05, 0) is 12.3 Å². The van der Waals surface area contributed by atoms with Crippen LogP contribution in [0.15, 0.2) is 0 Å². The Balaban J connectivity index is 2.20. The third-order valence-corrected chi connectivity index (χ3v) is 2.66. The Bertz CT molecular complexity index is 316. The van der Waals surface area contributed by atoms with Gasteiger partial charge < -0.3 is 10.3 Å². The fourth-order valence-electron chi connectivity index (χ4n) is 1.93. The van der Waals surface area contributed by atoms with E-state index in [4.69, 9.17) is 5.73 Å². The Hall–Kier alpha value is -0.900. The first-order valence-corrected chi connectivity index (χ1v) is 5.33. The second kappa shape index (κ2) is 3.69. The van der Waals surface area contributed by atoms with E-state index in [2.05, 4.69) is 28.6 Å². The predicted molar refractivity (Wildman–Crippen MR) is 54.9 cm³/mol. The molecule has 1 unspecified atom stereocenters. The summed E-state index contributed by atoms with van der Waals surface area (Å²) in [5.41, 5.74) is 5.88. The summed E-state index contributed by atoms with van der Waals surface area (Å²) < 4.78 is 2.24. The molecule has 4 nitrogen and oxygen atoms in total. The molecule has 1 aliphatic heterocycles. The number of nitrogens with zero attached hydrogens (tertiary/aromatic N) is 3. The normalized spacial score (nSPS) is 21.3. The van der Waals surface area contributed by atoms with E-state index in [1.807, 2.05) is 0 Å². The molecule has 1 atom stereocenters. The molecule has 0 radical (unpaired) electrons. The maximum Gasteiger partial charge on any atom is 0.134 e. The highest BCUT2D eigenvalue weighted by Gasteiger charge is 2.20. The molecule has 0 bridgehead atoms. The second-order valence-electron chi connectivity index (χ2n) is 4.53. The zero-order chi connectivity index (χ0) is 10.1. The number of nitrogens with two attached hydrogens (primary N) is 1. The number of fused-ring (bicyclic) bond motifs is 1. The maximum atomic E-state index is 5.88. The van der Waals surface area contributed by atoms with E-state index in [1.54, 1.807) is 0 Å². The molecule has 2 rings (SSSR count). The lowest BCUT2D eigenvalue weighted by Gasteiger charge is -2.20. The Labute approximate surface area is 84.5 Å². The molecule has 0 spiro atoms. The zero-order valence-corrected chi connectivity index (χ0v) is 8.90. The minimum absolute atomic E-state index is 0.276. The zero-order valence-electron chi connectivity index (χ0n) is 8.90. The second-order valence-corrected chi connectivity index (χ2v) is 4.53. The van der Waals surface area contributed by atoms with Crippen LogP contribution in [-0.4, -0.2) is 20.8 Å². The van der Waals surface area contributed by atoms with Crippen LogP contribution >= 0.6 is 0 Å². The van der Waals surface area contributed by atoms with E-state index in [0.717, 1.165) is 37.5 Å². The van der Waals surface area contributed by atoms with E-state index in [9.17, 15) is 0 Å². The van der Waals surface area contributed by atoms with Gasteiger partial charge in [-0.2, -0.15) is 0 Å². The first-order valence-electron chi connectivity index (χ1n) is 5.33. The number of rotatable bonds is 2. The van der Waals surface area contributed by atoms with Crippen molar-refractivity contribution in [3.05, 3.63) is 11.6 Å². The summed E-state index contributed by atoms with van der Waals surface area (Å²) in [6, 6.07) is 0.276. The van der Waals surface area contributed by atoms with E-state index < -0.39 is 0 Å². The number of hydrogen-bond acceptors (Lipinski definition) is 3. The lowest BCUT2D eigenvalue weighted by atomic mass is 10.1. The molecule has 4 heteroatoms. The molecule has 2 heterocycles. The minimum Gasteiger partial charge on any atom is -0.327 e.